The van der Waals surface area contributed by atoms with Gasteiger partial charge in [0, 0.05) is 13.2 Å². The molecule has 0 aliphatic heterocycles. The summed E-state index contributed by atoms with van der Waals surface area (Å²) in [6.07, 6.45) is 5.01. The van der Waals surface area contributed by atoms with E-state index in [4.69, 9.17) is 0 Å². The lowest BCUT2D eigenvalue weighted by Crippen LogP contribution is -1.96. The molecular weight excluding hydrogens is 192 g/mol. The van der Waals surface area contributed by atoms with Crippen molar-refractivity contribution >= 4 is 11.3 Å². The number of rotatable bonds is 1. The Morgan fingerprint density at radius 3 is 3.07 bits per heavy atom. The van der Waals surface area contributed by atoms with E-state index in [1.54, 1.807) is 23.4 Å². The summed E-state index contributed by atoms with van der Waals surface area (Å²) in [6, 6.07) is 1.90. The molecule has 1 N–H and O–H groups in total. The van der Waals surface area contributed by atoms with E-state index in [1.165, 1.54) is 0 Å². The quantitative estimate of drug-likeness (QED) is 0.629. The molecule has 3 aromatic rings. The van der Waals surface area contributed by atoms with Gasteiger partial charge in [0.05, 0.1) is 18.2 Å². The van der Waals surface area contributed by atoms with Gasteiger partial charge in [-0.25, -0.2) is 15.0 Å². The number of aromatic nitrogens is 6. The number of hydrogen-bond acceptors (Lipinski definition) is 4. The molecule has 0 atom stereocenters. The second kappa shape index (κ2) is 2.88. The summed E-state index contributed by atoms with van der Waals surface area (Å²) in [4.78, 5) is 15.5. The van der Waals surface area contributed by atoms with Crippen LogP contribution in [0.3, 0.4) is 0 Å². The second-order valence-electron chi connectivity index (χ2n) is 3.17. The van der Waals surface area contributed by atoms with Gasteiger partial charge in [0.1, 0.15) is 5.69 Å². The van der Waals surface area contributed by atoms with Gasteiger partial charge in [-0.1, -0.05) is 0 Å². The normalized spacial score (nSPS) is 11.0. The summed E-state index contributed by atoms with van der Waals surface area (Å²) in [6.45, 7) is 0. The fourth-order valence-corrected chi connectivity index (χ4v) is 1.48. The van der Waals surface area contributed by atoms with Gasteiger partial charge in [0.15, 0.2) is 11.3 Å². The van der Waals surface area contributed by atoms with E-state index in [9.17, 15) is 0 Å². The molecule has 3 heterocycles. The van der Waals surface area contributed by atoms with E-state index in [0.717, 1.165) is 11.4 Å². The predicted octanol–water partition coefficient (Wildman–Crippen LogP) is 0.753. The summed E-state index contributed by atoms with van der Waals surface area (Å²) >= 11 is 0. The lowest BCUT2D eigenvalue weighted by molar-refractivity contribution is 0.773. The molecule has 15 heavy (non-hydrogen) atoms. The molecule has 0 bridgehead atoms. The van der Waals surface area contributed by atoms with Crippen molar-refractivity contribution in [2.45, 2.75) is 0 Å². The maximum Gasteiger partial charge on any atom is 0.197 e. The Hall–Kier alpha value is -2.24. The van der Waals surface area contributed by atoms with Gasteiger partial charge in [-0.2, -0.15) is 5.10 Å². The van der Waals surface area contributed by atoms with Crippen LogP contribution in [0.5, 0.6) is 0 Å². The Morgan fingerprint density at radius 1 is 1.33 bits per heavy atom. The first kappa shape index (κ1) is 8.10. The summed E-state index contributed by atoms with van der Waals surface area (Å²) < 4.78 is 1.76. The molecule has 0 saturated heterocycles. The Morgan fingerprint density at radius 2 is 2.27 bits per heavy atom. The molecule has 0 spiro atoms. The summed E-state index contributed by atoms with van der Waals surface area (Å²) in [5.74, 6) is 0. The Bertz CT molecular complexity index is 608. The Kier molecular flexibility index (Phi) is 1.55. The van der Waals surface area contributed by atoms with Crippen LogP contribution in [0.1, 0.15) is 0 Å². The largest absolute Gasteiger partial charge is 0.328 e. The van der Waals surface area contributed by atoms with Gasteiger partial charge in [0.25, 0.3) is 0 Å². The van der Waals surface area contributed by atoms with Crippen molar-refractivity contribution in [3.8, 4) is 11.4 Å². The minimum atomic E-state index is 0.626. The van der Waals surface area contributed by atoms with Crippen molar-refractivity contribution < 1.29 is 0 Å². The van der Waals surface area contributed by atoms with Crippen molar-refractivity contribution in [2.75, 3.05) is 0 Å². The van der Waals surface area contributed by atoms with Crippen molar-refractivity contribution in [1.29, 1.82) is 0 Å². The van der Waals surface area contributed by atoms with E-state index >= 15 is 0 Å². The van der Waals surface area contributed by atoms with Crippen LogP contribution >= 0.6 is 0 Å². The number of imidazole rings is 1. The number of fused-ring (bicyclic) bond motifs is 1. The average Bonchev–Trinajstić information content (AvgIpc) is 2.84. The molecular formula is C9H8N6. The van der Waals surface area contributed by atoms with Crippen LogP contribution in [-0.4, -0.2) is 29.7 Å². The van der Waals surface area contributed by atoms with Crippen LogP contribution in [-0.2, 0) is 7.05 Å². The zero-order chi connectivity index (χ0) is 10.3. The fourth-order valence-electron chi connectivity index (χ4n) is 1.48. The monoisotopic (exact) mass is 200 g/mol. The molecule has 3 aromatic heterocycles. The molecule has 0 aliphatic rings. The predicted molar refractivity (Wildman–Crippen MR) is 53.9 cm³/mol. The molecule has 0 unspecified atom stereocenters. The molecule has 0 saturated carbocycles. The van der Waals surface area contributed by atoms with Gasteiger partial charge in [-0.3, -0.25) is 4.68 Å². The smallest absolute Gasteiger partial charge is 0.197 e. The standard InChI is InChI=1S/C9H8N6/c1-15-7(2-3-13-15)6-4-10-8-9(14-6)12-5-11-8/h2-5H,1H3,(H,10,11,12,14). The molecule has 0 aliphatic carbocycles. The highest BCUT2D eigenvalue weighted by Gasteiger charge is 2.06. The van der Waals surface area contributed by atoms with Gasteiger partial charge in [-0.15, -0.1) is 0 Å². The maximum atomic E-state index is 4.40. The summed E-state index contributed by atoms with van der Waals surface area (Å²) in [7, 11) is 1.87. The maximum absolute atomic E-state index is 4.40. The highest BCUT2D eigenvalue weighted by molar-refractivity contribution is 5.68. The van der Waals surface area contributed by atoms with Gasteiger partial charge in [-0.05, 0) is 6.07 Å². The van der Waals surface area contributed by atoms with Crippen LogP contribution < -0.4 is 0 Å². The number of aryl methyl sites for hydroxylation is 1. The van der Waals surface area contributed by atoms with E-state index in [-0.39, 0.29) is 0 Å². The topological polar surface area (TPSA) is 72.3 Å². The van der Waals surface area contributed by atoms with Crippen molar-refractivity contribution in [3.63, 3.8) is 0 Å². The zero-order valence-electron chi connectivity index (χ0n) is 8.05. The third-order valence-electron chi connectivity index (χ3n) is 2.22. The summed E-state index contributed by atoms with van der Waals surface area (Å²) in [5, 5.41) is 4.08. The van der Waals surface area contributed by atoms with Gasteiger partial charge >= 0.3 is 0 Å². The minimum absolute atomic E-state index is 0.626. The molecule has 6 nitrogen and oxygen atoms in total. The number of nitrogens with zero attached hydrogens (tertiary/aromatic N) is 5. The summed E-state index contributed by atoms with van der Waals surface area (Å²) in [5.41, 5.74) is 3.03. The van der Waals surface area contributed by atoms with E-state index in [1.807, 2.05) is 13.1 Å². The van der Waals surface area contributed by atoms with Crippen LogP contribution in [0.4, 0.5) is 0 Å². The first-order valence-electron chi connectivity index (χ1n) is 4.49. The number of aromatic amines is 1. The molecule has 74 valence electrons. The third kappa shape index (κ3) is 1.18. The Balaban J connectivity index is 2.23. The molecule has 0 aromatic carbocycles. The highest BCUT2D eigenvalue weighted by Crippen LogP contribution is 2.15. The highest BCUT2D eigenvalue weighted by atomic mass is 15.3. The number of hydrogen-bond donors (Lipinski definition) is 1. The van der Waals surface area contributed by atoms with Crippen LogP contribution in [0.15, 0.2) is 24.8 Å². The molecule has 0 radical (unpaired) electrons. The van der Waals surface area contributed by atoms with Crippen molar-refractivity contribution in [3.05, 3.63) is 24.8 Å². The fraction of sp³-hybridized carbons (Fsp3) is 0.111. The lowest BCUT2D eigenvalue weighted by atomic mass is 10.3. The number of nitrogens with one attached hydrogen (secondary N) is 1. The average molecular weight is 200 g/mol. The van der Waals surface area contributed by atoms with Gasteiger partial charge in [0.2, 0.25) is 0 Å². The van der Waals surface area contributed by atoms with E-state index < -0.39 is 0 Å². The third-order valence-corrected chi connectivity index (χ3v) is 2.22. The first-order chi connectivity index (χ1) is 7.34. The minimum Gasteiger partial charge on any atom is -0.328 e. The number of H-pyrrole nitrogens is 1. The van der Waals surface area contributed by atoms with Crippen molar-refractivity contribution in [2.24, 2.45) is 7.05 Å². The first-order valence-corrected chi connectivity index (χ1v) is 4.49. The zero-order valence-corrected chi connectivity index (χ0v) is 8.05. The molecule has 6 heteroatoms. The van der Waals surface area contributed by atoms with Crippen LogP contribution in [0.25, 0.3) is 22.7 Å². The molecule has 0 fully saturated rings. The second-order valence-corrected chi connectivity index (χ2v) is 3.17. The molecule has 0 amide bonds. The van der Waals surface area contributed by atoms with E-state index in [0.29, 0.717) is 11.3 Å². The molecule has 3 rings (SSSR count). The lowest BCUT2D eigenvalue weighted by Gasteiger charge is -1.99. The Labute approximate surface area is 85.0 Å². The SMILES string of the molecule is Cn1nccc1-c1cnc2nc[nH]c2n1. The van der Waals surface area contributed by atoms with Crippen molar-refractivity contribution in [1.82, 2.24) is 29.7 Å². The van der Waals surface area contributed by atoms with E-state index in [2.05, 4.69) is 25.0 Å². The van der Waals surface area contributed by atoms with Crippen LogP contribution in [0, 0.1) is 0 Å². The van der Waals surface area contributed by atoms with Gasteiger partial charge < -0.3 is 4.98 Å². The van der Waals surface area contributed by atoms with Crippen LogP contribution in [0.2, 0.25) is 0 Å².